The van der Waals surface area contributed by atoms with Crippen LogP contribution < -0.4 is 5.73 Å². The summed E-state index contributed by atoms with van der Waals surface area (Å²) in [6.07, 6.45) is 10.1. The normalized spacial score (nSPS) is 16.0. The van der Waals surface area contributed by atoms with Crippen LogP contribution in [0.1, 0.15) is 54.5 Å². The fraction of sp³-hybridized carbons (Fsp3) is 0.276. The summed E-state index contributed by atoms with van der Waals surface area (Å²) < 4.78 is 2.42. The van der Waals surface area contributed by atoms with Crippen LogP contribution in [0.2, 0.25) is 0 Å². The zero-order valence-electron chi connectivity index (χ0n) is 18.5. The number of hydrogen-bond acceptors (Lipinski definition) is 2. The van der Waals surface area contributed by atoms with Crippen molar-refractivity contribution in [3.05, 3.63) is 126 Å². The van der Waals surface area contributed by atoms with E-state index in [0.29, 0.717) is 6.54 Å². The van der Waals surface area contributed by atoms with E-state index in [1.165, 1.54) is 41.6 Å². The maximum absolute atomic E-state index is 6.52. The lowest BCUT2D eigenvalue weighted by molar-refractivity contribution is 0.276. The van der Waals surface area contributed by atoms with Gasteiger partial charge in [-0.2, -0.15) is 0 Å². The van der Waals surface area contributed by atoms with Crippen LogP contribution in [0.3, 0.4) is 0 Å². The van der Waals surface area contributed by atoms with E-state index in [4.69, 9.17) is 10.7 Å². The number of nitrogens with two attached hydrogens (primary N) is 1. The van der Waals surface area contributed by atoms with Gasteiger partial charge in [0.25, 0.3) is 0 Å². The summed E-state index contributed by atoms with van der Waals surface area (Å²) in [6, 6.07) is 32.5. The summed E-state index contributed by atoms with van der Waals surface area (Å²) in [6.45, 7) is 0.646. The van der Waals surface area contributed by atoms with Crippen LogP contribution in [-0.4, -0.2) is 16.1 Å². The smallest absolute Gasteiger partial charge is 0.121 e. The fourth-order valence-corrected chi connectivity index (χ4v) is 5.70. The quantitative estimate of drug-likeness (QED) is 0.395. The van der Waals surface area contributed by atoms with Gasteiger partial charge in [-0.25, -0.2) is 4.98 Å². The van der Waals surface area contributed by atoms with E-state index in [9.17, 15) is 0 Å². The van der Waals surface area contributed by atoms with Gasteiger partial charge < -0.3 is 10.3 Å². The van der Waals surface area contributed by atoms with E-state index >= 15 is 0 Å². The molecule has 0 aliphatic heterocycles. The Labute approximate surface area is 190 Å². The molecular formula is C29H31N3. The number of rotatable bonds is 6. The molecule has 0 saturated heterocycles. The van der Waals surface area contributed by atoms with Crippen LogP contribution in [0.5, 0.6) is 0 Å². The highest BCUT2D eigenvalue weighted by molar-refractivity contribution is 5.51. The van der Waals surface area contributed by atoms with Crippen molar-refractivity contribution < 1.29 is 0 Å². The van der Waals surface area contributed by atoms with Gasteiger partial charge in [-0.1, -0.05) is 110 Å². The molecule has 1 saturated carbocycles. The third-order valence-electron chi connectivity index (χ3n) is 7.32. The van der Waals surface area contributed by atoms with Gasteiger partial charge in [0.15, 0.2) is 0 Å². The van der Waals surface area contributed by atoms with E-state index in [0.717, 1.165) is 12.8 Å². The predicted octanol–water partition coefficient (Wildman–Crippen LogP) is 5.88. The van der Waals surface area contributed by atoms with Gasteiger partial charge in [-0.05, 0) is 29.5 Å². The molecule has 2 N–H and O–H groups in total. The Morgan fingerprint density at radius 3 is 1.62 bits per heavy atom. The van der Waals surface area contributed by atoms with Crippen molar-refractivity contribution >= 4 is 0 Å². The predicted molar refractivity (Wildman–Crippen MR) is 131 cm³/mol. The Morgan fingerprint density at radius 2 is 1.19 bits per heavy atom. The maximum atomic E-state index is 6.52. The van der Waals surface area contributed by atoms with Crippen molar-refractivity contribution in [3.63, 3.8) is 0 Å². The number of hydrogen-bond donors (Lipinski definition) is 1. The molecule has 1 aliphatic rings. The number of aromatic nitrogens is 2. The Morgan fingerprint density at radius 1 is 0.719 bits per heavy atom. The van der Waals surface area contributed by atoms with Gasteiger partial charge in [0.2, 0.25) is 0 Å². The van der Waals surface area contributed by atoms with E-state index in [2.05, 4.69) is 102 Å². The molecule has 32 heavy (non-hydrogen) atoms. The first-order valence-electron chi connectivity index (χ1n) is 11.7. The van der Waals surface area contributed by atoms with Crippen molar-refractivity contribution in [2.24, 2.45) is 5.73 Å². The third kappa shape index (κ3) is 3.28. The molecule has 1 fully saturated rings. The molecule has 1 aromatic heterocycles. The highest BCUT2D eigenvalue weighted by atomic mass is 15.1. The lowest BCUT2D eigenvalue weighted by Gasteiger charge is -2.43. The standard InChI is InChI=1S/C29H31N3/c30-22-28(19-11-4-12-20-28)27-21-31-23-32(27)29(24-13-5-1-6-14-24,25-15-7-2-8-16-25)26-17-9-3-10-18-26/h1-3,5-10,13-18,21,23H,4,11-12,19-20,22,30H2. The average molecular weight is 422 g/mol. The average Bonchev–Trinajstić information content (AvgIpc) is 3.38. The summed E-state index contributed by atoms with van der Waals surface area (Å²) in [5, 5.41) is 0. The van der Waals surface area contributed by atoms with Gasteiger partial charge in [0.05, 0.1) is 6.33 Å². The van der Waals surface area contributed by atoms with E-state index in [1.54, 1.807) is 0 Å². The second-order valence-corrected chi connectivity index (χ2v) is 9.00. The van der Waals surface area contributed by atoms with Crippen molar-refractivity contribution in [1.82, 2.24) is 9.55 Å². The zero-order chi connectivity index (χ0) is 21.9. The summed E-state index contributed by atoms with van der Waals surface area (Å²) in [5.74, 6) is 0. The largest absolute Gasteiger partial charge is 0.330 e. The van der Waals surface area contributed by atoms with Crippen LogP contribution >= 0.6 is 0 Å². The molecule has 0 atom stereocenters. The summed E-state index contributed by atoms with van der Waals surface area (Å²) >= 11 is 0. The van der Waals surface area contributed by atoms with Crippen LogP contribution in [-0.2, 0) is 11.0 Å². The topological polar surface area (TPSA) is 43.8 Å². The van der Waals surface area contributed by atoms with Crippen LogP contribution in [0.4, 0.5) is 0 Å². The molecule has 0 unspecified atom stereocenters. The first kappa shape index (κ1) is 20.7. The number of imidazole rings is 1. The lowest BCUT2D eigenvalue weighted by atomic mass is 9.70. The number of benzene rings is 3. The summed E-state index contributed by atoms with van der Waals surface area (Å²) in [5.41, 5.74) is 10.9. The Hall–Kier alpha value is -3.17. The third-order valence-corrected chi connectivity index (χ3v) is 7.32. The van der Waals surface area contributed by atoms with Crippen LogP contribution in [0, 0.1) is 0 Å². The van der Waals surface area contributed by atoms with Crippen molar-refractivity contribution in [1.29, 1.82) is 0 Å². The summed E-state index contributed by atoms with van der Waals surface area (Å²) in [7, 11) is 0. The highest BCUT2D eigenvalue weighted by Crippen LogP contribution is 2.46. The lowest BCUT2D eigenvalue weighted by Crippen LogP contribution is -2.45. The molecule has 1 aliphatic carbocycles. The second-order valence-electron chi connectivity index (χ2n) is 9.00. The molecule has 3 heteroatoms. The van der Waals surface area contributed by atoms with Crippen molar-refractivity contribution in [2.45, 2.75) is 43.1 Å². The molecular weight excluding hydrogens is 390 g/mol. The zero-order valence-corrected chi connectivity index (χ0v) is 18.5. The van der Waals surface area contributed by atoms with Gasteiger partial charge in [0.1, 0.15) is 5.54 Å². The molecule has 0 amide bonds. The molecule has 3 aromatic carbocycles. The molecule has 0 radical (unpaired) electrons. The fourth-order valence-electron chi connectivity index (χ4n) is 5.70. The second kappa shape index (κ2) is 8.76. The van der Waals surface area contributed by atoms with Gasteiger partial charge in [-0.3, -0.25) is 0 Å². The van der Waals surface area contributed by atoms with Crippen LogP contribution in [0.15, 0.2) is 104 Å². The van der Waals surface area contributed by atoms with E-state index < -0.39 is 5.54 Å². The summed E-state index contributed by atoms with van der Waals surface area (Å²) in [4.78, 5) is 4.74. The Kier molecular flexibility index (Phi) is 5.67. The Bertz CT molecular complexity index is 1030. The van der Waals surface area contributed by atoms with Crippen LogP contribution in [0.25, 0.3) is 0 Å². The van der Waals surface area contributed by atoms with Gasteiger partial charge in [-0.15, -0.1) is 0 Å². The monoisotopic (exact) mass is 421 g/mol. The minimum atomic E-state index is -0.533. The van der Waals surface area contributed by atoms with Crippen molar-refractivity contribution in [3.8, 4) is 0 Å². The highest BCUT2D eigenvalue weighted by Gasteiger charge is 2.44. The molecule has 5 rings (SSSR count). The first-order valence-corrected chi connectivity index (χ1v) is 11.7. The van der Waals surface area contributed by atoms with E-state index in [1.807, 2.05) is 6.33 Å². The number of nitrogens with zero attached hydrogens (tertiary/aromatic N) is 2. The molecule has 4 aromatic rings. The van der Waals surface area contributed by atoms with Gasteiger partial charge in [0, 0.05) is 23.9 Å². The SMILES string of the molecule is NCC1(c2cncn2C(c2ccccc2)(c2ccccc2)c2ccccc2)CCCCC1. The van der Waals surface area contributed by atoms with Gasteiger partial charge >= 0.3 is 0 Å². The molecule has 3 nitrogen and oxygen atoms in total. The molecule has 1 heterocycles. The maximum Gasteiger partial charge on any atom is 0.121 e. The van der Waals surface area contributed by atoms with E-state index in [-0.39, 0.29) is 5.41 Å². The molecule has 0 spiro atoms. The Balaban J connectivity index is 1.86. The van der Waals surface area contributed by atoms with Crippen molar-refractivity contribution in [2.75, 3.05) is 6.54 Å². The first-order chi connectivity index (χ1) is 15.8. The molecule has 0 bridgehead atoms. The minimum absolute atomic E-state index is 0.0433. The minimum Gasteiger partial charge on any atom is -0.330 e. The molecule has 162 valence electrons.